The van der Waals surface area contributed by atoms with E-state index >= 15 is 0 Å². The third-order valence-corrected chi connectivity index (χ3v) is 3.55. The molecule has 1 rings (SSSR count). The molecule has 110 valence electrons. The molecular weight excluding hydrogens is 244 g/mol. The number of piperidine rings is 1. The van der Waals surface area contributed by atoms with Gasteiger partial charge in [0.1, 0.15) is 0 Å². The molecule has 5 nitrogen and oxygen atoms in total. The van der Waals surface area contributed by atoms with Crippen LogP contribution in [0.2, 0.25) is 0 Å². The second kappa shape index (κ2) is 8.02. The van der Waals surface area contributed by atoms with Crippen LogP contribution in [0.1, 0.15) is 46.5 Å². The van der Waals surface area contributed by atoms with Gasteiger partial charge in [-0.05, 0) is 25.7 Å². The molecule has 1 heterocycles. The third-order valence-electron chi connectivity index (χ3n) is 3.55. The van der Waals surface area contributed by atoms with Crippen LogP contribution in [0.25, 0.3) is 0 Å². The Hall–Kier alpha value is -1.26. The van der Waals surface area contributed by atoms with E-state index in [1.54, 1.807) is 13.8 Å². The van der Waals surface area contributed by atoms with E-state index in [0.29, 0.717) is 19.1 Å². The van der Waals surface area contributed by atoms with E-state index in [4.69, 9.17) is 4.74 Å². The summed E-state index contributed by atoms with van der Waals surface area (Å²) in [5, 5.41) is 2.86. The van der Waals surface area contributed by atoms with Gasteiger partial charge in [0, 0.05) is 20.0 Å². The number of rotatable bonds is 5. The van der Waals surface area contributed by atoms with Gasteiger partial charge in [0.05, 0.1) is 12.6 Å². The molecule has 19 heavy (non-hydrogen) atoms. The Morgan fingerprint density at radius 2 is 2.05 bits per heavy atom. The molecule has 1 aliphatic heterocycles. The second-order valence-corrected chi connectivity index (χ2v) is 5.23. The first-order valence-electron chi connectivity index (χ1n) is 7.25. The SMILES string of the molecule is CCCCC1CC(NC(=O)OCC)CN(C(C)=O)C1. The highest BCUT2D eigenvalue weighted by molar-refractivity contribution is 5.73. The van der Waals surface area contributed by atoms with Crippen LogP contribution >= 0.6 is 0 Å². The highest BCUT2D eigenvalue weighted by Gasteiger charge is 2.29. The fraction of sp³-hybridized carbons (Fsp3) is 0.857. The zero-order chi connectivity index (χ0) is 14.3. The lowest BCUT2D eigenvalue weighted by Gasteiger charge is -2.37. The molecule has 2 amide bonds. The van der Waals surface area contributed by atoms with Crippen molar-refractivity contribution in [1.82, 2.24) is 10.2 Å². The molecule has 1 aliphatic rings. The van der Waals surface area contributed by atoms with Gasteiger partial charge in [-0.2, -0.15) is 0 Å². The lowest BCUT2D eigenvalue weighted by atomic mass is 9.90. The van der Waals surface area contributed by atoms with Gasteiger partial charge in [-0.15, -0.1) is 0 Å². The number of likely N-dealkylation sites (tertiary alicyclic amines) is 1. The van der Waals surface area contributed by atoms with Crippen molar-refractivity contribution in [3.05, 3.63) is 0 Å². The van der Waals surface area contributed by atoms with Gasteiger partial charge in [0.2, 0.25) is 5.91 Å². The van der Waals surface area contributed by atoms with Gasteiger partial charge in [-0.1, -0.05) is 19.8 Å². The third kappa shape index (κ3) is 5.49. The maximum absolute atomic E-state index is 11.6. The number of ether oxygens (including phenoxy) is 1. The zero-order valence-corrected chi connectivity index (χ0v) is 12.3. The first-order chi connectivity index (χ1) is 9.06. The van der Waals surface area contributed by atoms with Crippen LogP contribution in [0, 0.1) is 5.92 Å². The summed E-state index contributed by atoms with van der Waals surface area (Å²) < 4.78 is 4.90. The van der Waals surface area contributed by atoms with Crippen LogP contribution < -0.4 is 5.32 Å². The van der Waals surface area contributed by atoms with E-state index in [9.17, 15) is 9.59 Å². The molecule has 0 radical (unpaired) electrons. The Bertz CT molecular complexity index is 307. The van der Waals surface area contributed by atoms with Crippen LogP contribution in [-0.2, 0) is 9.53 Å². The van der Waals surface area contributed by atoms with E-state index < -0.39 is 0 Å². The van der Waals surface area contributed by atoms with Gasteiger partial charge >= 0.3 is 6.09 Å². The number of unbranched alkanes of at least 4 members (excludes halogenated alkanes) is 1. The number of alkyl carbamates (subject to hydrolysis) is 1. The maximum atomic E-state index is 11.6. The molecule has 1 N–H and O–H groups in total. The first kappa shape index (κ1) is 15.8. The minimum absolute atomic E-state index is 0.0126. The lowest BCUT2D eigenvalue weighted by Crippen LogP contribution is -2.52. The molecular formula is C14H26N2O3. The van der Waals surface area contributed by atoms with Crippen molar-refractivity contribution in [2.75, 3.05) is 19.7 Å². The summed E-state index contributed by atoms with van der Waals surface area (Å²) in [6.07, 6.45) is 3.99. The number of carbonyl (C=O) groups excluding carboxylic acids is 2. The summed E-state index contributed by atoms with van der Waals surface area (Å²) in [6, 6.07) is 0.0126. The molecule has 5 heteroatoms. The van der Waals surface area contributed by atoms with Crippen molar-refractivity contribution in [1.29, 1.82) is 0 Å². The number of carbonyl (C=O) groups is 2. The monoisotopic (exact) mass is 270 g/mol. The second-order valence-electron chi connectivity index (χ2n) is 5.23. The van der Waals surface area contributed by atoms with Crippen molar-refractivity contribution in [2.45, 2.75) is 52.5 Å². The Balaban J connectivity index is 2.54. The fourth-order valence-electron chi connectivity index (χ4n) is 2.61. The van der Waals surface area contributed by atoms with Gasteiger partial charge in [0.25, 0.3) is 0 Å². The van der Waals surface area contributed by atoms with E-state index in [0.717, 1.165) is 25.8 Å². The smallest absolute Gasteiger partial charge is 0.407 e. The summed E-state index contributed by atoms with van der Waals surface area (Å²) in [5.41, 5.74) is 0. The predicted molar refractivity (Wildman–Crippen MR) is 73.8 cm³/mol. The summed E-state index contributed by atoms with van der Waals surface area (Å²) in [7, 11) is 0. The summed E-state index contributed by atoms with van der Waals surface area (Å²) >= 11 is 0. The Morgan fingerprint density at radius 3 is 2.63 bits per heavy atom. The summed E-state index contributed by atoms with van der Waals surface area (Å²) in [6.45, 7) is 7.32. The number of hydrogen-bond acceptors (Lipinski definition) is 3. The molecule has 0 aromatic carbocycles. The fourth-order valence-corrected chi connectivity index (χ4v) is 2.61. The van der Waals surface area contributed by atoms with Crippen molar-refractivity contribution in [3.63, 3.8) is 0 Å². The maximum Gasteiger partial charge on any atom is 0.407 e. The van der Waals surface area contributed by atoms with Crippen molar-refractivity contribution in [3.8, 4) is 0 Å². The Morgan fingerprint density at radius 1 is 1.32 bits per heavy atom. The standard InChI is InChI=1S/C14H26N2O3/c1-4-6-7-12-8-13(15-14(18)19-5-2)10-16(9-12)11(3)17/h12-13H,4-10H2,1-3H3,(H,15,18). The van der Waals surface area contributed by atoms with E-state index in [2.05, 4.69) is 12.2 Å². The molecule has 0 aromatic heterocycles. The van der Waals surface area contributed by atoms with E-state index in [1.165, 1.54) is 6.42 Å². The van der Waals surface area contributed by atoms with Crippen LogP contribution in [0.15, 0.2) is 0 Å². The highest BCUT2D eigenvalue weighted by atomic mass is 16.5. The highest BCUT2D eigenvalue weighted by Crippen LogP contribution is 2.22. The number of amides is 2. The average molecular weight is 270 g/mol. The molecule has 1 saturated heterocycles. The summed E-state index contributed by atoms with van der Waals surface area (Å²) in [4.78, 5) is 24.9. The van der Waals surface area contributed by atoms with E-state index in [1.807, 2.05) is 4.90 Å². The average Bonchev–Trinajstić information content (AvgIpc) is 2.36. The van der Waals surface area contributed by atoms with Gasteiger partial charge in [-0.3, -0.25) is 4.79 Å². The molecule has 2 unspecified atom stereocenters. The summed E-state index contributed by atoms with van der Waals surface area (Å²) in [5.74, 6) is 0.557. The minimum atomic E-state index is -0.382. The Kier molecular flexibility index (Phi) is 6.67. The van der Waals surface area contributed by atoms with Crippen molar-refractivity contribution >= 4 is 12.0 Å². The molecule has 0 bridgehead atoms. The van der Waals surface area contributed by atoms with Crippen molar-refractivity contribution in [2.24, 2.45) is 5.92 Å². The first-order valence-corrected chi connectivity index (χ1v) is 7.25. The number of nitrogens with one attached hydrogen (secondary N) is 1. The van der Waals surface area contributed by atoms with Gasteiger partial charge in [0.15, 0.2) is 0 Å². The topological polar surface area (TPSA) is 58.6 Å². The molecule has 0 spiro atoms. The largest absolute Gasteiger partial charge is 0.450 e. The molecule has 0 aromatic rings. The minimum Gasteiger partial charge on any atom is -0.450 e. The van der Waals surface area contributed by atoms with Gasteiger partial charge < -0.3 is 15.0 Å². The van der Waals surface area contributed by atoms with Crippen LogP contribution in [-0.4, -0.2) is 42.6 Å². The van der Waals surface area contributed by atoms with Crippen LogP contribution in [0.5, 0.6) is 0 Å². The van der Waals surface area contributed by atoms with Crippen molar-refractivity contribution < 1.29 is 14.3 Å². The quantitative estimate of drug-likeness (QED) is 0.833. The number of nitrogens with zero attached hydrogens (tertiary/aromatic N) is 1. The molecule has 0 saturated carbocycles. The number of hydrogen-bond donors (Lipinski definition) is 1. The lowest BCUT2D eigenvalue weighted by molar-refractivity contribution is -0.131. The normalized spacial score (nSPS) is 23.0. The van der Waals surface area contributed by atoms with Crippen LogP contribution in [0.3, 0.4) is 0 Å². The zero-order valence-electron chi connectivity index (χ0n) is 12.3. The molecule has 0 aliphatic carbocycles. The molecule has 2 atom stereocenters. The predicted octanol–water partition coefficient (Wildman–Crippen LogP) is 2.16. The molecule has 1 fully saturated rings. The van der Waals surface area contributed by atoms with E-state index in [-0.39, 0.29) is 18.0 Å². The Labute approximate surface area is 115 Å². The van der Waals surface area contributed by atoms with Gasteiger partial charge in [-0.25, -0.2) is 4.79 Å². The van der Waals surface area contributed by atoms with Crippen LogP contribution in [0.4, 0.5) is 4.79 Å².